The van der Waals surface area contributed by atoms with E-state index in [0.717, 1.165) is 0 Å². The average molecular weight is 336 g/mol. The molecular formula is C11H18ClN5O3S. The fourth-order valence-electron chi connectivity index (χ4n) is 1.86. The molecule has 1 aromatic rings. The van der Waals surface area contributed by atoms with Crippen LogP contribution in [0.5, 0.6) is 0 Å². The zero-order chi connectivity index (χ0) is 15.3. The summed E-state index contributed by atoms with van der Waals surface area (Å²) in [5, 5.41) is 3.08. The van der Waals surface area contributed by atoms with Crippen molar-refractivity contribution in [2.24, 2.45) is 0 Å². The van der Waals surface area contributed by atoms with E-state index in [1.165, 1.54) is 6.26 Å². The van der Waals surface area contributed by atoms with Crippen LogP contribution in [0.25, 0.3) is 0 Å². The first-order chi connectivity index (χ1) is 9.94. The summed E-state index contributed by atoms with van der Waals surface area (Å²) in [6.07, 6.45) is 1.69. The molecule has 0 aliphatic carbocycles. The van der Waals surface area contributed by atoms with Crippen LogP contribution < -0.4 is 10.2 Å². The van der Waals surface area contributed by atoms with Crippen LogP contribution in [0, 0.1) is 0 Å². The average Bonchev–Trinajstić information content (AvgIpc) is 2.43. The molecule has 1 aliphatic rings. The van der Waals surface area contributed by atoms with Crippen LogP contribution in [0.2, 0.25) is 5.28 Å². The van der Waals surface area contributed by atoms with Crippen molar-refractivity contribution in [2.45, 2.75) is 6.42 Å². The molecule has 1 aromatic heterocycles. The molecule has 0 radical (unpaired) electrons. The molecule has 2 rings (SSSR count). The van der Waals surface area contributed by atoms with Crippen molar-refractivity contribution in [1.29, 1.82) is 0 Å². The number of sulfone groups is 1. The lowest BCUT2D eigenvalue weighted by Crippen LogP contribution is -2.37. The van der Waals surface area contributed by atoms with Gasteiger partial charge in [0.15, 0.2) is 0 Å². The smallest absolute Gasteiger partial charge is 0.231 e. The highest BCUT2D eigenvalue weighted by atomic mass is 35.5. The Bertz CT molecular complexity index is 577. The molecule has 0 aromatic carbocycles. The molecule has 8 nitrogen and oxygen atoms in total. The highest BCUT2D eigenvalue weighted by molar-refractivity contribution is 7.90. The third-order valence-corrected chi connectivity index (χ3v) is 4.06. The molecule has 2 heterocycles. The molecule has 1 saturated heterocycles. The second kappa shape index (κ2) is 7.19. The van der Waals surface area contributed by atoms with E-state index < -0.39 is 9.84 Å². The molecule has 10 heteroatoms. The molecule has 0 amide bonds. The lowest BCUT2D eigenvalue weighted by molar-refractivity contribution is 0.122. The Morgan fingerprint density at radius 3 is 2.67 bits per heavy atom. The van der Waals surface area contributed by atoms with E-state index in [1.807, 2.05) is 4.90 Å². The number of nitrogens with zero attached hydrogens (tertiary/aromatic N) is 4. The molecule has 0 bridgehead atoms. The normalized spacial score (nSPS) is 16.0. The Morgan fingerprint density at radius 2 is 2.00 bits per heavy atom. The standard InChI is InChI=1S/C11H18ClN5O3S/c1-21(18,19)8-2-3-13-10-14-9(12)15-11(16-10)17-4-6-20-7-5-17/h2-8H2,1H3,(H,13,14,15,16). The van der Waals surface area contributed by atoms with E-state index in [2.05, 4.69) is 20.3 Å². The lowest BCUT2D eigenvalue weighted by atomic mass is 10.4. The summed E-state index contributed by atoms with van der Waals surface area (Å²) in [5.41, 5.74) is 0. The molecule has 0 saturated carbocycles. The number of aromatic nitrogens is 3. The number of nitrogens with one attached hydrogen (secondary N) is 1. The SMILES string of the molecule is CS(=O)(=O)CCCNc1nc(Cl)nc(N2CCOCC2)n1. The number of halogens is 1. The zero-order valence-corrected chi connectivity index (χ0v) is 13.3. The van der Waals surface area contributed by atoms with E-state index in [-0.39, 0.29) is 11.0 Å². The van der Waals surface area contributed by atoms with Gasteiger partial charge in [-0.15, -0.1) is 0 Å². The van der Waals surface area contributed by atoms with Crippen molar-refractivity contribution in [1.82, 2.24) is 15.0 Å². The summed E-state index contributed by atoms with van der Waals surface area (Å²) in [6.45, 7) is 3.11. The summed E-state index contributed by atoms with van der Waals surface area (Å²) in [5.74, 6) is 0.976. The minimum atomic E-state index is -2.95. The minimum Gasteiger partial charge on any atom is -0.378 e. The van der Waals surface area contributed by atoms with Crippen molar-refractivity contribution < 1.29 is 13.2 Å². The van der Waals surface area contributed by atoms with Gasteiger partial charge in [-0.25, -0.2) is 8.42 Å². The largest absolute Gasteiger partial charge is 0.378 e. The zero-order valence-electron chi connectivity index (χ0n) is 11.7. The minimum absolute atomic E-state index is 0.108. The number of hydrogen-bond donors (Lipinski definition) is 1. The summed E-state index contributed by atoms with van der Waals surface area (Å²) in [7, 11) is -2.95. The molecular weight excluding hydrogens is 318 g/mol. The maximum atomic E-state index is 11.0. The molecule has 1 aliphatic heterocycles. The maximum Gasteiger partial charge on any atom is 0.231 e. The van der Waals surface area contributed by atoms with Gasteiger partial charge in [-0.2, -0.15) is 15.0 Å². The second-order valence-corrected chi connectivity index (χ2v) is 7.34. The van der Waals surface area contributed by atoms with Gasteiger partial charge in [0.2, 0.25) is 17.2 Å². The van der Waals surface area contributed by atoms with Crippen molar-refractivity contribution in [3.05, 3.63) is 5.28 Å². The number of morpholine rings is 1. The van der Waals surface area contributed by atoms with Crippen LogP contribution in [-0.4, -0.2) is 68.2 Å². The van der Waals surface area contributed by atoms with Crippen LogP contribution in [0.1, 0.15) is 6.42 Å². The monoisotopic (exact) mass is 335 g/mol. The predicted octanol–water partition coefficient (Wildman–Crippen LogP) is 0.208. The maximum absolute atomic E-state index is 11.0. The fourth-order valence-corrected chi connectivity index (χ4v) is 2.68. The first-order valence-electron chi connectivity index (χ1n) is 6.60. The molecule has 0 spiro atoms. The van der Waals surface area contributed by atoms with Gasteiger partial charge < -0.3 is 15.0 Å². The number of rotatable bonds is 6. The summed E-state index contributed by atoms with van der Waals surface area (Å²) < 4.78 is 27.4. The van der Waals surface area contributed by atoms with Gasteiger partial charge in [-0.05, 0) is 18.0 Å². The Hall–Kier alpha value is -1.19. The van der Waals surface area contributed by atoms with Crippen molar-refractivity contribution in [3.63, 3.8) is 0 Å². The summed E-state index contributed by atoms with van der Waals surface area (Å²) in [4.78, 5) is 14.4. The molecule has 0 atom stereocenters. The Kier molecular flexibility index (Phi) is 5.54. The van der Waals surface area contributed by atoms with Gasteiger partial charge in [0.1, 0.15) is 9.84 Å². The van der Waals surface area contributed by atoms with E-state index in [9.17, 15) is 8.42 Å². The third-order valence-electron chi connectivity index (χ3n) is 2.87. The first kappa shape index (κ1) is 16.2. The van der Waals surface area contributed by atoms with Gasteiger partial charge >= 0.3 is 0 Å². The van der Waals surface area contributed by atoms with E-state index in [4.69, 9.17) is 16.3 Å². The van der Waals surface area contributed by atoms with Gasteiger partial charge in [0.25, 0.3) is 0 Å². The Labute approximate surface area is 128 Å². The quantitative estimate of drug-likeness (QED) is 0.737. The van der Waals surface area contributed by atoms with Crippen LogP contribution >= 0.6 is 11.6 Å². The van der Waals surface area contributed by atoms with Crippen molar-refractivity contribution in [2.75, 3.05) is 55.1 Å². The fraction of sp³-hybridized carbons (Fsp3) is 0.727. The number of anilines is 2. The van der Waals surface area contributed by atoms with Gasteiger partial charge in [-0.3, -0.25) is 0 Å². The number of hydrogen-bond acceptors (Lipinski definition) is 8. The van der Waals surface area contributed by atoms with E-state index >= 15 is 0 Å². The van der Waals surface area contributed by atoms with E-state index in [0.29, 0.717) is 51.2 Å². The topological polar surface area (TPSA) is 97.3 Å². The lowest BCUT2D eigenvalue weighted by Gasteiger charge is -2.26. The van der Waals surface area contributed by atoms with Crippen molar-refractivity contribution in [3.8, 4) is 0 Å². The van der Waals surface area contributed by atoms with Crippen LogP contribution in [0.3, 0.4) is 0 Å². The second-order valence-electron chi connectivity index (χ2n) is 4.74. The first-order valence-corrected chi connectivity index (χ1v) is 9.04. The molecule has 1 N–H and O–H groups in total. The van der Waals surface area contributed by atoms with Gasteiger partial charge in [0, 0.05) is 25.9 Å². The predicted molar refractivity (Wildman–Crippen MR) is 80.7 cm³/mol. The highest BCUT2D eigenvalue weighted by Gasteiger charge is 2.16. The van der Waals surface area contributed by atoms with Gasteiger partial charge in [0.05, 0.1) is 19.0 Å². The Balaban J connectivity index is 1.95. The molecule has 1 fully saturated rings. The van der Waals surface area contributed by atoms with Crippen LogP contribution in [-0.2, 0) is 14.6 Å². The van der Waals surface area contributed by atoms with Crippen LogP contribution in [0.4, 0.5) is 11.9 Å². The van der Waals surface area contributed by atoms with Crippen molar-refractivity contribution >= 4 is 33.3 Å². The molecule has 21 heavy (non-hydrogen) atoms. The van der Waals surface area contributed by atoms with Crippen LogP contribution in [0.15, 0.2) is 0 Å². The van der Waals surface area contributed by atoms with Gasteiger partial charge in [-0.1, -0.05) is 0 Å². The summed E-state index contributed by atoms with van der Waals surface area (Å²) in [6, 6.07) is 0. The molecule has 0 unspecified atom stereocenters. The van der Waals surface area contributed by atoms with E-state index in [1.54, 1.807) is 0 Å². The highest BCUT2D eigenvalue weighted by Crippen LogP contribution is 2.15. The molecule has 118 valence electrons. The summed E-state index contributed by atoms with van der Waals surface area (Å²) >= 11 is 5.90. The third kappa shape index (κ3) is 5.60. The number of ether oxygens (including phenoxy) is 1. The Morgan fingerprint density at radius 1 is 1.29 bits per heavy atom.